The highest BCUT2D eigenvalue weighted by molar-refractivity contribution is 6.30. The van der Waals surface area contributed by atoms with Crippen LogP contribution in [0.2, 0.25) is 5.15 Å². The van der Waals surface area contributed by atoms with Crippen LogP contribution in [0.25, 0.3) is 0 Å². The molecule has 0 amide bonds. The van der Waals surface area contributed by atoms with E-state index in [1.54, 1.807) is 11.7 Å². The Morgan fingerprint density at radius 3 is 2.50 bits per heavy atom. The Labute approximate surface area is 89.1 Å². The lowest BCUT2D eigenvalue weighted by atomic mass is 10.0. The summed E-state index contributed by atoms with van der Waals surface area (Å²) in [6, 6.07) is 0. The number of aryl methyl sites for hydroxylation is 2. The van der Waals surface area contributed by atoms with Crippen molar-refractivity contribution in [1.82, 2.24) is 9.78 Å². The highest BCUT2D eigenvalue weighted by Gasteiger charge is 2.16. The highest BCUT2D eigenvalue weighted by Crippen LogP contribution is 2.20. The van der Waals surface area contributed by atoms with E-state index >= 15 is 0 Å². The van der Waals surface area contributed by atoms with E-state index in [1.165, 1.54) is 0 Å². The molecule has 1 rings (SSSR count). The summed E-state index contributed by atoms with van der Waals surface area (Å²) < 4.78 is 1.60. The van der Waals surface area contributed by atoms with Crippen molar-refractivity contribution in [3.05, 3.63) is 16.4 Å². The van der Waals surface area contributed by atoms with Gasteiger partial charge >= 0.3 is 0 Å². The van der Waals surface area contributed by atoms with E-state index in [4.69, 9.17) is 11.6 Å². The average molecular weight is 215 g/mol. The van der Waals surface area contributed by atoms with Gasteiger partial charge in [0.05, 0.1) is 5.69 Å². The fourth-order valence-corrected chi connectivity index (χ4v) is 1.49. The van der Waals surface area contributed by atoms with E-state index in [9.17, 15) is 4.79 Å². The van der Waals surface area contributed by atoms with Crippen LogP contribution in [0.15, 0.2) is 0 Å². The number of aromatic nitrogens is 2. The van der Waals surface area contributed by atoms with Gasteiger partial charge in [-0.3, -0.25) is 9.48 Å². The molecule has 0 saturated heterocycles. The zero-order valence-electron chi connectivity index (χ0n) is 8.97. The molecule has 0 unspecified atom stereocenters. The van der Waals surface area contributed by atoms with Crippen molar-refractivity contribution >= 4 is 17.4 Å². The first-order valence-corrected chi connectivity index (χ1v) is 5.02. The van der Waals surface area contributed by atoms with Gasteiger partial charge in [-0.2, -0.15) is 5.10 Å². The van der Waals surface area contributed by atoms with Crippen LogP contribution in [0.1, 0.15) is 25.1 Å². The molecule has 0 radical (unpaired) electrons. The van der Waals surface area contributed by atoms with E-state index in [2.05, 4.69) is 5.10 Å². The topological polar surface area (TPSA) is 34.9 Å². The molecular weight excluding hydrogens is 200 g/mol. The van der Waals surface area contributed by atoms with E-state index in [1.807, 2.05) is 20.8 Å². The summed E-state index contributed by atoms with van der Waals surface area (Å²) in [5.41, 5.74) is 1.69. The van der Waals surface area contributed by atoms with Crippen molar-refractivity contribution in [3.63, 3.8) is 0 Å². The van der Waals surface area contributed by atoms with Crippen molar-refractivity contribution in [1.29, 1.82) is 0 Å². The lowest BCUT2D eigenvalue weighted by molar-refractivity contribution is -0.121. The number of rotatable bonds is 3. The molecule has 0 fully saturated rings. The number of ketones is 1. The molecular formula is C10H15ClN2O. The van der Waals surface area contributed by atoms with Gasteiger partial charge < -0.3 is 0 Å². The molecule has 3 nitrogen and oxygen atoms in total. The molecule has 14 heavy (non-hydrogen) atoms. The third-order valence-corrected chi connectivity index (χ3v) is 2.74. The Bertz CT molecular complexity index is 355. The van der Waals surface area contributed by atoms with Crippen LogP contribution < -0.4 is 0 Å². The van der Waals surface area contributed by atoms with E-state index in [0.717, 1.165) is 11.3 Å². The first-order chi connectivity index (χ1) is 6.43. The van der Waals surface area contributed by atoms with Crippen molar-refractivity contribution in [2.75, 3.05) is 0 Å². The molecule has 0 saturated carbocycles. The van der Waals surface area contributed by atoms with Gasteiger partial charge in [0.25, 0.3) is 0 Å². The number of hydrogen-bond acceptors (Lipinski definition) is 2. The summed E-state index contributed by atoms with van der Waals surface area (Å²) in [6.07, 6.45) is 0.385. The van der Waals surface area contributed by atoms with Crippen LogP contribution in [0.4, 0.5) is 0 Å². The molecule has 0 atom stereocenters. The third kappa shape index (κ3) is 2.15. The fourth-order valence-electron chi connectivity index (χ4n) is 1.25. The number of nitrogens with zero attached hydrogens (tertiary/aromatic N) is 2. The second-order valence-electron chi connectivity index (χ2n) is 3.78. The smallest absolute Gasteiger partial charge is 0.139 e. The summed E-state index contributed by atoms with van der Waals surface area (Å²) in [5.74, 6) is 0.244. The lowest BCUT2D eigenvalue weighted by Gasteiger charge is -2.03. The van der Waals surface area contributed by atoms with Crippen molar-refractivity contribution < 1.29 is 4.79 Å². The second-order valence-corrected chi connectivity index (χ2v) is 4.13. The predicted molar refractivity (Wildman–Crippen MR) is 56.5 cm³/mol. The number of hydrogen-bond donors (Lipinski definition) is 0. The second kappa shape index (κ2) is 4.13. The van der Waals surface area contributed by atoms with Gasteiger partial charge in [-0.1, -0.05) is 25.4 Å². The van der Waals surface area contributed by atoms with Crippen LogP contribution in [-0.2, 0) is 18.3 Å². The van der Waals surface area contributed by atoms with Gasteiger partial charge in [0.2, 0.25) is 0 Å². The van der Waals surface area contributed by atoms with Gasteiger partial charge in [0.15, 0.2) is 0 Å². The molecule has 4 heteroatoms. The number of carbonyl (C=O) groups excluding carboxylic acids is 1. The van der Waals surface area contributed by atoms with Crippen molar-refractivity contribution in [3.8, 4) is 0 Å². The van der Waals surface area contributed by atoms with Crippen molar-refractivity contribution in [2.24, 2.45) is 13.0 Å². The monoisotopic (exact) mass is 214 g/mol. The van der Waals surface area contributed by atoms with E-state index in [0.29, 0.717) is 11.6 Å². The molecule has 0 bridgehead atoms. The Morgan fingerprint density at radius 1 is 1.57 bits per heavy atom. The minimum atomic E-state index is 0.0469. The van der Waals surface area contributed by atoms with E-state index < -0.39 is 0 Å². The van der Waals surface area contributed by atoms with E-state index in [-0.39, 0.29) is 11.7 Å². The molecule has 78 valence electrons. The van der Waals surface area contributed by atoms with Crippen molar-refractivity contribution in [2.45, 2.75) is 27.2 Å². The molecule has 0 N–H and O–H groups in total. The Hall–Kier alpha value is -0.830. The maximum Gasteiger partial charge on any atom is 0.139 e. The van der Waals surface area contributed by atoms with Gasteiger partial charge in [0, 0.05) is 24.9 Å². The summed E-state index contributed by atoms with van der Waals surface area (Å²) in [5, 5.41) is 4.72. The molecule has 0 aliphatic carbocycles. The Kier molecular flexibility index (Phi) is 3.32. The maximum atomic E-state index is 11.5. The molecule has 1 aromatic heterocycles. The molecule has 1 aromatic rings. The first-order valence-electron chi connectivity index (χ1n) is 4.64. The SMILES string of the molecule is Cc1nn(C)c(Cl)c1CC(=O)C(C)C. The van der Waals surface area contributed by atoms with Gasteiger partial charge in [-0.15, -0.1) is 0 Å². The summed E-state index contributed by atoms with van der Waals surface area (Å²) in [6.45, 7) is 5.65. The molecule has 0 spiro atoms. The zero-order valence-corrected chi connectivity index (χ0v) is 9.72. The maximum absolute atomic E-state index is 11.5. The van der Waals surface area contributed by atoms with Gasteiger partial charge in [-0.25, -0.2) is 0 Å². The van der Waals surface area contributed by atoms with Gasteiger partial charge in [0.1, 0.15) is 10.9 Å². The standard InChI is InChI=1S/C10H15ClN2O/c1-6(2)9(14)5-8-7(3)12-13(4)10(8)11/h6H,5H2,1-4H3. The molecule has 0 aliphatic rings. The van der Waals surface area contributed by atoms with Crippen LogP contribution in [0.3, 0.4) is 0 Å². The number of Topliss-reactive ketones (excluding diaryl/α,β-unsaturated/α-hetero) is 1. The molecule has 0 aromatic carbocycles. The minimum Gasteiger partial charge on any atom is -0.299 e. The van der Waals surface area contributed by atoms with Crippen LogP contribution >= 0.6 is 11.6 Å². The van der Waals surface area contributed by atoms with Crippen LogP contribution in [-0.4, -0.2) is 15.6 Å². The summed E-state index contributed by atoms with van der Waals surface area (Å²) >= 11 is 6.01. The van der Waals surface area contributed by atoms with Crippen LogP contribution in [0.5, 0.6) is 0 Å². The zero-order chi connectivity index (χ0) is 10.9. The minimum absolute atomic E-state index is 0.0469. The summed E-state index contributed by atoms with van der Waals surface area (Å²) in [4.78, 5) is 11.5. The fraction of sp³-hybridized carbons (Fsp3) is 0.600. The highest BCUT2D eigenvalue weighted by atomic mass is 35.5. The normalized spacial score (nSPS) is 11.0. The van der Waals surface area contributed by atoms with Gasteiger partial charge in [-0.05, 0) is 6.92 Å². The largest absolute Gasteiger partial charge is 0.299 e. The number of carbonyl (C=O) groups is 1. The first kappa shape index (κ1) is 11.2. The predicted octanol–water partition coefficient (Wildman–Crippen LogP) is 2.15. The quantitative estimate of drug-likeness (QED) is 0.773. The Morgan fingerprint density at radius 2 is 2.14 bits per heavy atom. The Balaban J connectivity index is 2.92. The molecule has 1 heterocycles. The average Bonchev–Trinajstić information content (AvgIpc) is 2.32. The molecule has 0 aliphatic heterocycles. The third-order valence-electron chi connectivity index (χ3n) is 2.26. The van der Waals surface area contributed by atoms with Crippen LogP contribution in [0, 0.1) is 12.8 Å². The lowest BCUT2D eigenvalue weighted by Crippen LogP contribution is -2.10. The number of halogens is 1. The summed E-state index contributed by atoms with van der Waals surface area (Å²) in [7, 11) is 1.78.